The Bertz CT molecular complexity index is 1280. The van der Waals surface area contributed by atoms with Crippen LogP contribution in [0.1, 0.15) is 18.5 Å². The fraction of sp³-hybridized carbons (Fsp3) is 0.375. The molecule has 3 aliphatic rings. The van der Waals surface area contributed by atoms with Crippen LogP contribution in [0.15, 0.2) is 48.6 Å². The molecular weight excluding hydrogens is 439 g/mol. The van der Waals surface area contributed by atoms with Crippen LogP contribution in [0.3, 0.4) is 0 Å². The lowest BCUT2D eigenvalue weighted by molar-refractivity contribution is 0.122. The van der Waals surface area contributed by atoms with E-state index in [0.717, 1.165) is 17.1 Å². The summed E-state index contributed by atoms with van der Waals surface area (Å²) in [5, 5.41) is 3.43. The van der Waals surface area contributed by atoms with Crippen LogP contribution < -0.4 is 19.7 Å². The van der Waals surface area contributed by atoms with Crippen molar-refractivity contribution in [2.45, 2.75) is 19.5 Å². The summed E-state index contributed by atoms with van der Waals surface area (Å²) < 4.78 is 32.4. The number of hydrogen-bond donors (Lipinski definition) is 1. The Hall–Kier alpha value is -3.66. The van der Waals surface area contributed by atoms with E-state index < -0.39 is 0 Å². The van der Waals surface area contributed by atoms with Gasteiger partial charge in [0.15, 0.2) is 28.5 Å². The number of hydrogen-bond acceptors (Lipinski definition) is 8. The van der Waals surface area contributed by atoms with Crippen LogP contribution in [0.5, 0.6) is 11.5 Å². The summed E-state index contributed by atoms with van der Waals surface area (Å²) in [5.41, 5.74) is 2.34. The van der Waals surface area contributed by atoms with Crippen molar-refractivity contribution in [3.8, 4) is 11.5 Å². The van der Waals surface area contributed by atoms with Crippen molar-refractivity contribution in [2.24, 2.45) is 5.92 Å². The maximum Gasteiger partial charge on any atom is 0.231 e. The van der Waals surface area contributed by atoms with Gasteiger partial charge in [-0.2, -0.15) is 9.97 Å². The fourth-order valence-electron chi connectivity index (χ4n) is 4.45. The maximum atomic E-state index is 14.1. The van der Waals surface area contributed by atoms with E-state index in [2.05, 4.69) is 22.1 Å². The van der Waals surface area contributed by atoms with Gasteiger partial charge in [-0.1, -0.05) is 19.1 Å². The Morgan fingerprint density at radius 1 is 1.15 bits per heavy atom. The minimum atomic E-state index is -0.256. The molecule has 10 heteroatoms. The predicted octanol–water partition coefficient (Wildman–Crippen LogP) is 3.60. The van der Waals surface area contributed by atoms with Crippen LogP contribution >= 0.6 is 0 Å². The third-order valence-corrected chi connectivity index (χ3v) is 6.35. The largest absolute Gasteiger partial charge is 0.454 e. The van der Waals surface area contributed by atoms with E-state index in [1.54, 1.807) is 12.4 Å². The second kappa shape index (κ2) is 8.60. The van der Waals surface area contributed by atoms with E-state index in [1.807, 2.05) is 28.8 Å². The molecule has 2 atom stereocenters. The van der Waals surface area contributed by atoms with Gasteiger partial charge in [-0.25, -0.2) is 9.37 Å². The van der Waals surface area contributed by atoms with Crippen molar-refractivity contribution in [1.29, 1.82) is 0 Å². The molecule has 6 rings (SSSR count). The number of benzene rings is 1. The normalized spacial score (nSPS) is 21.7. The van der Waals surface area contributed by atoms with Crippen LogP contribution in [-0.2, 0) is 11.3 Å². The van der Waals surface area contributed by atoms with Crippen LogP contribution in [0.25, 0.3) is 11.2 Å². The molecule has 2 aromatic heterocycles. The number of imidazole rings is 1. The van der Waals surface area contributed by atoms with Gasteiger partial charge in [-0.05, 0) is 35.8 Å². The minimum Gasteiger partial charge on any atom is -0.454 e. The number of anilines is 2. The van der Waals surface area contributed by atoms with Crippen LogP contribution in [0.4, 0.5) is 16.2 Å². The van der Waals surface area contributed by atoms with Crippen molar-refractivity contribution in [2.75, 3.05) is 43.3 Å². The topological polar surface area (TPSA) is 86.6 Å². The average Bonchev–Trinajstić information content (AvgIpc) is 3.51. The van der Waals surface area contributed by atoms with Crippen molar-refractivity contribution in [1.82, 2.24) is 19.5 Å². The van der Waals surface area contributed by atoms with Gasteiger partial charge >= 0.3 is 0 Å². The van der Waals surface area contributed by atoms with E-state index in [1.165, 1.54) is 6.08 Å². The standard InChI is InChI=1S/C24H25FN6O3/c1-15-2-4-17(25)11-18(15)31-13-27-21-22(26-12-16-3-5-19-20(10-16)34-14-33-19)28-24(29-23(21)31)30-6-8-32-9-7-30/h2-5,10-11,13,15,18H,6-9,12,14H2,1H3,(H,26,28,29). The summed E-state index contributed by atoms with van der Waals surface area (Å²) >= 11 is 0. The molecule has 1 N–H and O–H groups in total. The molecule has 1 saturated heterocycles. The summed E-state index contributed by atoms with van der Waals surface area (Å²) in [6.07, 6.45) is 6.71. The summed E-state index contributed by atoms with van der Waals surface area (Å²) in [6, 6.07) is 5.63. The van der Waals surface area contributed by atoms with Gasteiger partial charge in [0, 0.05) is 19.6 Å². The van der Waals surface area contributed by atoms with E-state index in [0.29, 0.717) is 55.8 Å². The zero-order valence-corrected chi connectivity index (χ0v) is 18.8. The quantitative estimate of drug-likeness (QED) is 0.613. The van der Waals surface area contributed by atoms with Crippen molar-refractivity contribution < 1.29 is 18.6 Å². The number of ether oxygens (including phenoxy) is 3. The van der Waals surface area contributed by atoms with Gasteiger partial charge in [0.05, 0.1) is 25.6 Å². The highest BCUT2D eigenvalue weighted by Gasteiger charge is 2.25. The van der Waals surface area contributed by atoms with Crippen molar-refractivity contribution >= 4 is 22.9 Å². The summed E-state index contributed by atoms with van der Waals surface area (Å²) in [4.78, 5) is 16.4. The summed E-state index contributed by atoms with van der Waals surface area (Å²) in [6.45, 7) is 5.48. The Morgan fingerprint density at radius 2 is 2.00 bits per heavy atom. The van der Waals surface area contributed by atoms with Crippen LogP contribution in [0, 0.1) is 5.92 Å². The molecule has 0 amide bonds. The van der Waals surface area contributed by atoms with Gasteiger partial charge in [-0.15, -0.1) is 0 Å². The van der Waals surface area contributed by atoms with E-state index >= 15 is 0 Å². The van der Waals surface area contributed by atoms with Crippen LogP contribution in [0.2, 0.25) is 0 Å². The number of halogens is 1. The molecule has 1 aliphatic carbocycles. The highest BCUT2D eigenvalue weighted by Crippen LogP contribution is 2.34. The Morgan fingerprint density at radius 3 is 2.88 bits per heavy atom. The second-order valence-electron chi connectivity index (χ2n) is 8.60. The number of nitrogens with zero attached hydrogens (tertiary/aromatic N) is 5. The number of morpholine rings is 1. The maximum absolute atomic E-state index is 14.1. The van der Waals surface area contributed by atoms with E-state index in [-0.39, 0.29) is 24.6 Å². The molecule has 0 spiro atoms. The van der Waals surface area contributed by atoms with E-state index in [9.17, 15) is 4.39 Å². The van der Waals surface area contributed by atoms with Gasteiger partial charge in [0.2, 0.25) is 12.7 Å². The van der Waals surface area contributed by atoms with Crippen molar-refractivity contribution in [3.05, 3.63) is 54.1 Å². The molecule has 4 heterocycles. The first-order valence-corrected chi connectivity index (χ1v) is 11.4. The molecule has 1 aromatic carbocycles. The predicted molar refractivity (Wildman–Crippen MR) is 125 cm³/mol. The Balaban J connectivity index is 1.37. The van der Waals surface area contributed by atoms with Gasteiger partial charge in [0.25, 0.3) is 0 Å². The number of fused-ring (bicyclic) bond motifs is 2. The zero-order valence-electron chi connectivity index (χ0n) is 18.8. The molecule has 176 valence electrons. The van der Waals surface area contributed by atoms with Gasteiger partial charge < -0.3 is 29.0 Å². The first-order chi connectivity index (χ1) is 16.7. The van der Waals surface area contributed by atoms with Gasteiger partial charge in [0.1, 0.15) is 5.83 Å². The molecule has 34 heavy (non-hydrogen) atoms. The van der Waals surface area contributed by atoms with Crippen LogP contribution in [-0.4, -0.2) is 52.6 Å². The second-order valence-corrected chi connectivity index (χ2v) is 8.60. The summed E-state index contributed by atoms with van der Waals surface area (Å²) in [7, 11) is 0. The molecular formula is C24H25FN6O3. The number of nitrogens with one attached hydrogen (secondary N) is 1. The average molecular weight is 465 g/mol. The number of aromatic nitrogens is 4. The smallest absolute Gasteiger partial charge is 0.231 e. The first kappa shape index (κ1) is 20.9. The highest BCUT2D eigenvalue weighted by molar-refractivity contribution is 5.84. The molecule has 2 unspecified atom stereocenters. The molecule has 0 radical (unpaired) electrons. The molecule has 1 fully saturated rings. The van der Waals surface area contributed by atoms with Gasteiger partial charge in [-0.3, -0.25) is 0 Å². The third-order valence-electron chi connectivity index (χ3n) is 6.35. The molecule has 2 aliphatic heterocycles. The monoisotopic (exact) mass is 464 g/mol. The zero-order chi connectivity index (χ0) is 23.1. The molecule has 0 saturated carbocycles. The fourth-order valence-corrected chi connectivity index (χ4v) is 4.45. The SMILES string of the molecule is CC1C=CC(F)=CC1n1cnc2c(NCc3ccc4c(c3)OCO4)nc(N3CCOCC3)nc21. The third kappa shape index (κ3) is 3.83. The molecule has 3 aromatic rings. The lowest BCUT2D eigenvalue weighted by atomic mass is 9.96. The number of rotatable bonds is 5. The first-order valence-electron chi connectivity index (χ1n) is 11.4. The lowest BCUT2D eigenvalue weighted by Crippen LogP contribution is -2.37. The Labute approximate surface area is 195 Å². The van der Waals surface area contributed by atoms with E-state index in [4.69, 9.17) is 24.2 Å². The minimum absolute atomic E-state index is 0.101. The molecule has 9 nitrogen and oxygen atoms in total. The highest BCUT2D eigenvalue weighted by atomic mass is 19.1. The summed E-state index contributed by atoms with van der Waals surface area (Å²) in [5.74, 6) is 2.56. The van der Waals surface area contributed by atoms with Crippen molar-refractivity contribution in [3.63, 3.8) is 0 Å². The lowest BCUT2D eigenvalue weighted by Gasteiger charge is -2.27. The Kier molecular flexibility index (Phi) is 5.29. The molecule has 0 bridgehead atoms. The number of allylic oxidation sites excluding steroid dienone is 4.